The molecule has 2 saturated heterocycles. The molecular formula is C51H71Cl2IN8O6Si2. The van der Waals surface area contributed by atoms with Gasteiger partial charge in [-0.15, -0.1) is 6.58 Å². The molecule has 6 heterocycles. The molecule has 0 spiro atoms. The molecule has 5 N–H and O–H groups in total. The van der Waals surface area contributed by atoms with Crippen molar-refractivity contribution in [3.63, 3.8) is 0 Å². The van der Waals surface area contributed by atoms with Gasteiger partial charge in [-0.2, -0.15) is 32.4 Å². The van der Waals surface area contributed by atoms with E-state index in [2.05, 4.69) is 82.1 Å². The van der Waals surface area contributed by atoms with Gasteiger partial charge >= 0.3 is 5.97 Å². The Morgan fingerprint density at radius 3 is 1.69 bits per heavy atom. The first-order valence-electron chi connectivity index (χ1n) is 23.0. The average Bonchev–Trinajstić information content (AvgIpc) is 4.06. The van der Waals surface area contributed by atoms with Crippen molar-refractivity contribution in [3.05, 3.63) is 143 Å². The molecule has 0 aliphatic carbocycles. The van der Waals surface area contributed by atoms with Crippen LogP contribution in [0.15, 0.2) is 123 Å². The van der Waals surface area contributed by atoms with E-state index in [4.69, 9.17) is 52.6 Å². The molecule has 1 unspecified atom stereocenters. The topological polar surface area (TPSA) is 187 Å². The van der Waals surface area contributed by atoms with Crippen LogP contribution in [-0.4, -0.2) is 78.4 Å². The second-order valence-electron chi connectivity index (χ2n) is 18.5. The second kappa shape index (κ2) is 25.0. The molecule has 2 aliphatic rings. The molecule has 6 aromatic rings. The molecule has 2 aliphatic heterocycles. The van der Waals surface area contributed by atoms with Crippen molar-refractivity contribution in [2.75, 3.05) is 11.5 Å². The fourth-order valence-electron chi connectivity index (χ4n) is 8.29. The molecule has 70 heavy (non-hydrogen) atoms. The Bertz CT molecular complexity index is 2620. The largest absolute Gasteiger partial charge is 0.452 e. The smallest absolute Gasteiger partial charge is 0.336 e. The van der Waals surface area contributed by atoms with Crippen LogP contribution in [0.2, 0.25) is 38.3 Å². The van der Waals surface area contributed by atoms with Crippen LogP contribution in [0, 0.1) is 15.5 Å². The fraction of sp³-hybridized carbons (Fsp3) is 0.431. The van der Waals surface area contributed by atoms with Crippen molar-refractivity contribution >= 4 is 88.2 Å². The standard InChI is InChI=1S/C22H26N4O3.C16H20O3.C6H16Cl2Si2.C6H5IN4.CH4/c1-4-21(5-2)15(3)19(28-13-16-9-7-6-8-10-16)22(27,29-21)18-12-11-17-20(23)24-14-25-26(17)18;1-4-16(5-2)12(3)14(15(17)19-16)18-11-13-9-7-6-8-10-13;1-9(2,7)5-6-10(3,4)8;7-5-2-1-4-6(8)9-3-10-11(4)5;/h4,6-12,14-15,19,27H,1,5,13H2,2-3H3,(H2,23,24,25);4,6-10,12,14H,1,5,11H2,2-3H3;5-6H2,1-4H3;1-3H,(H2,8,9,10);1H4/t15-,19+,21+,22?;12-,14+,16+;;;/m00.../s1. The molecule has 19 heteroatoms. The number of hydrogen-bond donors (Lipinski definition) is 3. The Labute approximate surface area is 438 Å². The molecule has 0 amide bonds. The number of fused-ring (bicyclic) bond motifs is 2. The van der Waals surface area contributed by atoms with Crippen molar-refractivity contribution < 1.29 is 28.8 Å². The van der Waals surface area contributed by atoms with Crippen LogP contribution in [-0.2, 0) is 42.7 Å². The molecular weight excluding hydrogens is 1070 g/mol. The highest BCUT2D eigenvalue weighted by Crippen LogP contribution is 2.51. The zero-order valence-corrected chi connectivity index (χ0v) is 46.5. The number of aliphatic hydroxyl groups is 1. The first-order valence-corrected chi connectivity index (χ1v) is 32.5. The van der Waals surface area contributed by atoms with E-state index >= 15 is 0 Å². The Hall–Kier alpha value is -4.19. The number of ether oxygens (including phenoxy) is 4. The summed E-state index contributed by atoms with van der Waals surface area (Å²) in [5.74, 6) is -1.35. The first-order chi connectivity index (χ1) is 32.6. The van der Waals surface area contributed by atoms with Gasteiger partial charge in [-0.3, -0.25) is 0 Å². The number of nitrogens with two attached hydrogens (primary N) is 2. The highest BCUT2D eigenvalue weighted by molar-refractivity contribution is 14.1. The summed E-state index contributed by atoms with van der Waals surface area (Å²) in [7, 11) is -2.69. The van der Waals surface area contributed by atoms with E-state index in [0.29, 0.717) is 48.9 Å². The summed E-state index contributed by atoms with van der Waals surface area (Å²) >= 11 is 14.5. The van der Waals surface area contributed by atoms with Gasteiger partial charge in [0, 0.05) is 11.8 Å². The number of nitrogens with zero attached hydrogens (tertiary/aromatic N) is 6. The number of carbonyl (C=O) groups excluding carboxylic acids is 1. The van der Waals surface area contributed by atoms with Crippen molar-refractivity contribution in [1.82, 2.24) is 29.2 Å². The molecule has 8 rings (SSSR count). The fourth-order valence-corrected chi connectivity index (χ4v) is 15.3. The van der Waals surface area contributed by atoms with Gasteiger partial charge in [-0.05, 0) is 89.0 Å². The van der Waals surface area contributed by atoms with Gasteiger partial charge in [0.25, 0.3) is 0 Å². The van der Waals surface area contributed by atoms with Gasteiger partial charge in [-0.25, -0.2) is 23.8 Å². The maximum atomic E-state index is 11.9. The van der Waals surface area contributed by atoms with Crippen LogP contribution in [0.4, 0.5) is 11.6 Å². The molecule has 0 saturated carbocycles. The van der Waals surface area contributed by atoms with E-state index in [0.717, 1.165) is 32.4 Å². The van der Waals surface area contributed by atoms with Gasteiger partial charge in [0.1, 0.15) is 59.6 Å². The van der Waals surface area contributed by atoms with E-state index in [9.17, 15) is 9.90 Å². The van der Waals surface area contributed by atoms with Crippen LogP contribution in [0.5, 0.6) is 0 Å². The third kappa shape index (κ3) is 14.1. The number of anilines is 2. The summed E-state index contributed by atoms with van der Waals surface area (Å²) in [6.45, 7) is 25.2. The summed E-state index contributed by atoms with van der Waals surface area (Å²) in [4.78, 5) is 19.8. The third-order valence-corrected chi connectivity index (χ3v) is 18.0. The van der Waals surface area contributed by atoms with E-state index in [-0.39, 0.29) is 25.2 Å². The number of aromatic nitrogens is 6. The van der Waals surface area contributed by atoms with Gasteiger partial charge in [0.2, 0.25) is 5.79 Å². The molecule has 0 radical (unpaired) electrons. The summed E-state index contributed by atoms with van der Waals surface area (Å²) in [6, 6.07) is 29.4. The molecule has 4 aromatic heterocycles. The Kier molecular flexibility index (Phi) is 20.8. The Morgan fingerprint density at radius 1 is 0.757 bits per heavy atom. The van der Waals surface area contributed by atoms with Crippen LogP contribution < -0.4 is 11.5 Å². The van der Waals surface area contributed by atoms with Crippen LogP contribution >= 0.6 is 44.7 Å². The quantitative estimate of drug-likeness (QED) is 0.0308. The van der Waals surface area contributed by atoms with Gasteiger partial charge in [0.15, 0.2) is 17.7 Å². The summed E-state index contributed by atoms with van der Waals surface area (Å²) in [5.41, 5.74) is 14.2. The van der Waals surface area contributed by atoms with Crippen LogP contribution in [0.1, 0.15) is 64.8 Å². The highest BCUT2D eigenvalue weighted by atomic mass is 127. The lowest BCUT2D eigenvalue weighted by molar-refractivity contribution is -0.262. The van der Waals surface area contributed by atoms with Gasteiger partial charge < -0.3 is 35.5 Å². The van der Waals surface area contributed by atoms with Crippen LogP contribution in [0.3, 0.4) is 0 Å². The van der Waals surface area contributed by atoms with E-state index in [1.807, 2.05) is 100 Å². The number of rotatable bonds is 14. The van der Waals surface area contributed by atoms with E-state index in [1.165, 1.54) is 12.7 Å². The van der Waals surface area contributed by atoms with Gasteiger partial charge in [-0.1, -0.05) is 135 Å². The highest BCUT2D eigenvalue weighted by Gasteiger charge is 2.61. The minimum Gasteiger partial charge on any atom is -0.452 e. The molecule has 0 bridgehead atoms. The Morgan fingerprint density at radius 2 is 1.23 bits per heavy atom. The second-order valence-corrected chi connectivity index (χ2v) is 33.6. The zero-order chi connectivity index (χ0) is 50.8. The van der Waals surface area contributed by atoms with Crippen molar-refractivity contribution in [1.29, 1.82) is 0 Å². The summed E-state index contributed by atoms with van der Waals surface area (Å²) < 4.78 is 28.2. The third-order valence-electron chi connectivity index (χ3n) is 12.6. The number of nitrogen functional groups attached to an aromatic ring is 2. The summed E-state index contributed by atoms with van der Waals surface area (Å²) in [5, 5.41) is 20.1. The maximum Gasteiger partial charge on any atom is 0.336 e. The Balaban J connectivity index is 0.000000223. The number of hydrogen-bond acceptors (Lipinski definition) is 12. The normalized spacial score (nSPS) is 24.0. The lowest BCUT2D eigenvalue weighted by Gasteiger charge is -2.30. The first kappa shape index (κ1) is 58.4. The SMILES string of the molecule is C.C=C[C@]1(CC)OC(=O)[C@H](OCc2ccccc2)[C@@H]1C.C=C[C@]1(CC)OC(O)(c2ccc3c(N)ncnn23)[C@H](OCc2ccccc2)[C@@H]1C.C[Si](C)(Cl)CC[Si](C)(C)Cl.Nc1ncnn2c(I)ccc12. The number of halogens is 3. The van der Waals surface area contributed by atoms with Crippen molar-refractivity contribution in [2.45, 2.75) is 129 Å². The average molecular weight is 1150 g/mol. The molecule has 14 nitrogen and oxygen atoms in total. The molecule has 380 valence electrons. The van der Waals surface area contributed by atoms with E-state index < -0.39 is 44.0 Å². The number of carbonyl (C=O) groups is 1. The van der Waals surface area contributed by atoms with Crippen LogP contribution in [0.25, 0.3) is 11.0 Å². The molecule has 2 aromatic carbocycles. The summed E-state index contributed by atoms with van der Waals surface area (Å²) in [6.07, 6.45) is 6.49. The van der Waals surface area contributed by atoms with E-state index in [1.54, 1.807) is 33.3 Å². The number of esters is 1. The lowest BCUT2D eigenvalue weighted by Crippen LogP contribution is -2.41. The predicted molar refractivity (Wildman–Crippen MR) is 296 cm³/mol. The maximum absolute atomic E-state index is 11.9. The predicted octanol–water partition coefficient (Wildman–Crippen LogP) is 11.6. The molecule has 7 atom stereocenters. The van der Waals surface area contributed by atoms with Crippen molar-refractivity contribution in [2.24, 2.45) is 11.8 Å². The molecule has 2 fully saturated rings. The lowest BCUT2D eigenvalue weighted by atomic mass is 9.83. The number of benzene rings is 2. The zero-order valence-electron chi connectivity index (χ0n) is 40.8. The number of cyclic esters (lactones) is 1. The minimum atomic E-state index is -1.73. The monoisotopic (exact) mass is 1140 g/mol. The minimum absolute atomic E-state index is 0. The van der Waals surface area contributed by atoms with Gasteiger partial charge in [0.05, 0.1) is 18.8 Å². The van der Waals surface area contributed by atoms with Crippen molar-refractivity contribution in [3.8, 4) is 0 Å².